The van der Waals surface area contributed by atoms with E-state index in [-0.39, 0.29) is 6.42 Å². The molecule has 1 saturated carbocycles. The van der Waals surface area contributed by atoms with E-state index in [0.29, 0.717) is 0 Å². The Morgan fingerprint density at radius 1 is 0.909 bits per heavy atom. The van der Waals surface area contributed by atoms with Gasteiger partial charge < -0.3 is 0 Å². The molecule has 0 aliphatic heterocycles. The van der Waals surface area contributed by atoms with Crippen LogP contribution in [0.3, 0.4) is 0 Å². The third kappa shape index (κ3) is 0.911. The van der Waals surface area contributed by atoms with Crippen LogP contribution in [0.15, 0.2) is 0 Å². The number of hydrogen-bond acceptors (Lipinski definition) is 0. The Morgan fingerprint density at radius 2 is 1.36 bits per heavy atom. The van der Waals surface area contributed by atoms with Gasteiger partial charge in [0, 0.05) is 12.8 Å². The second-order valence-corrected chi connectivity index (χ2v) is 2.31. The normalized spacial score (nSPS) is 32.2. The third-order valence-electron chi connectivity index (χ3n) is 1.49. The first-order valence-electron chi connectivity index (χ1n) is 2.68. The van der Waals surface area contributed by atoms with E-state index in [0.717, 1.165) is 0 Å². The zero-order valence-electron chi connectivity index (χ0n) is 5.05. The summed E-state index contributed by atoms with van der Waals surface area (Å²) in [5.41, 5.74) is 0. The standard InChI is InChI=1S/C5H3F6/c6-3(7)1-2-4(8,9)5(3,10)11/h1H,2H2. The highest BCUT2D eigenvalue weighted by atomic mass is 19.3. The lowest BCUT2D eigenvalue weighted by Crippen LogP contribution is -2.46. The molecule has 0 aromatic rings. The first-order chi connectivity index (χ1) is 4.71. The van der Waals surface area contributed by atoms with Crippen LogP contribution in [0.25, 0.3) is 0 Å². The van der Waals surface area contributed by atoms with Crippen LogP contribution in [0.1, 0.15) is 6.42 Å². The van der Waals surface area contributed by atoms with Gasteiger partial charge in [-0.2, -0.15) is 26.3 Å². The minimum absolute atomic E-state index is 0.354. The van der Waals surface area contributed by atoms with E-state index in [1.54, 1.807) is 0 Å². The highest BCUT2D eigenvalue weighted by Crippen LogP contribution is 2.55. The molecule has 0 atom stereocenters. The first kappa shape index (κ1) is 8.67. The maximum atomic E-state index is 12.0. The van der Waals surface area contributed by atoms with E-state index >= 15 is 0 Å². The largest absolute Gasteiger partial charge is 0.372 e. The minimum Gasteiger partial charge on any atom is -0.200 e. The highest BCUT2D eigenvalue weighted by molar-refractivity contribution is 5.13. The topological polar surface area (TPSA) is 0 Å². The average molecular weight is 177 g/mol. The smallest absolute Gasteiger partial charge is 0.200 e. The molecule has 0 amide bonds. The molecule has 1 radical (unpaired) electrons. The summed E-state index contributed by atoms with van der Waals surface area (Å²) in [5, 5.41) is 0. The van der Waals surface area contributed by atoms with Crippen LogP contribution in [-0.4, -0.2) is 17.8 Å². The van der Waals surface area contributed by atoms with Crippen molar-refractivity contribution in [3.8, 4) is 0 Å². The average Bonchev–Trinajstić information content (AvgIpc) is 1.93. The number of alkyl halides is 6. The van der Waals surface area contributed by atoms with Crippen LogP contribution in [0.2, 0.25) is 0 Å². The molecule has 0 heterocycles. The molecule has 0 unspecified atom stereocenters. The Bertz CT molecular complexity index is 154. The molecule has 0 spiro atoms. The van der Waals surface area contributed by atoms with Gasteiger partial charge in [0.1, 0.15) is 0 Å². The van der Waals surface area contributed by atoms with E-state index in [1.165, 1.54) is 0 Å². The van der Waals surface area contributed by atoms with E-state index in [1.807, 2.05) is 0 Å². The van der Waals surface area contributed by atoms with Gasteiger partial charge in [0.05, 0.1) is 0 Å². The first-order valence-corrected chi connectivity index (χ1v) is 2.68. The summed E-state index contributed by atoms with van der Waals surface area (Å²) in [4.78, 5) is 0. The predicted molar refractivity (Wildman–Crippen MR) is 23.8 cm³/mol. The summed E-state index contributed by atoms with van der Waals surface area (Å²) in [6.45, 7) is 0. The molecular formula is C5H3F6. The fourth-order valence-electron chi connectivity index (χ4n) is 0.757. The SMILES string of the molecule is FC1(F)[CH]CC(F)(F)C1(F)F. The van der Waals surface area contributed by atoms with Crippen LogP contribution in [-0.2, 0) is 0 Å². The van der Waals surface area contributed by atoms with Crippen LogP contribution < -0.4 is 0 Å². The van der Waals surface area contributed by atoms with Gasteiger partial charge in [0.2, 0.25) is 0 Å². The van der Waals surface area contributed by atoms with Gasteiger partial charge in [-0.1, -0.05) is 0 Å². The molecule has 0 aromatic carbocycles. The predicted octanol–water partition coefficient (Wildman–Crippen LogP) is 2.50. The van der Waals surface area contributed by atoms with Gasteiger partial charge in [0.15, 0.2) is 0 Å². The molecule has 0 bridgehead atoms. The zero-order valence-corrected chi connectivity index (χ0v) is 5.05. The second-order valence-electron chi connectivity index (χ2n) is 2.31. The Hall–Kier alpha value is -0.420. The van der Waals surface area contributed by atoms with Crippen molar-refractivity contribution >= 4 is 0 Å². The number of hydrogen-bond donors (Lipinski definition) is 0. The Balaban J connectivity index is 3.00. The molecule has 1 aliphatic rings. The van der Waals surface area contributed by atoms with Gasteiger partial charge >= 0.3 is 17.8 Å². The van der Waals surface area contributed by atoms with Crippen molar-refractivity contribution in [1.82, 2.24) is 0 Å². The lowest BCUT2D eigenvalue weighted by Gasteiger charge is -2.22. The fourth-order valence-corrected chi connectivity index (χ4v) is 0.757. The summed E-state index contributed by atoms with van der Waals surface area (Å²) in [5.74, 6) is -14.5. The summed E-state index contributed by atoms with van der Waals surface area (Å²) >= 11 is 0. The lowest BCUT2D eigenvalue weighted by molar-refractivity contribution is -0.266. The molecule has 1 rings (SSSR count). The summed E-state index contributed by atoms with van der Waals surface area (Å²) < 4.78 is 71.7. The van der Waals surface area contributed by atoms with Gasteiger partial charge in [-0.15, -0.1) is 0 Å². The Labute approximate surface area is 58.2 Å². The van der Waals surface area contributed by atoms with Crippen LogP contribution >= 0.6 is 0 Å². The molecule has 6 heteroatoms. The highest BCUT2D eigenvalue weighted by Gasteiger charge is 2.76. The Morgan fingerprint density at radius 3 is 1.45 bits per heavy atom. The van der Waals surface area contributed by atoms with Crippen LogP contribution in [0.5, 0.6) is 0 Å². The van der Waals surface area contributed by atoms with Gasteiger partial charge in [-0.05, 0) is 0 Å². The lowest BCUT2D eigenvalue weighted by atomic mass is 10.2. The summed E-state index contributed by atoms with van der Waals surface area (Å²) in [7, 11) is 0. The van der Waals surface area contributed by atoms with Crippen molar-refractivity contribution in [1.29, 1.82) is 0 Å². The monoisotopic (exact) mass is 177 g/mol. The van der Waals surface area contributed by atoms with Gasteiger partial charge in [-0.3, -0.25) is 0 Å². The second kappa shape index (κ2) is 1.84. The molecule has 0 saturated heterocycles. The maximum absolute atomic E-state index is 12.0. The van der Waals surface area contributed by atoms with Crippen molar-refractivity contribution in [2.24, 2.45) is 0 Å². The molecule has 0 aromatic heterocycles. The summed E-state index contributed by atoms with van der Waals surface area (Å²) in [6.07, 6.45) is -1.93. The van der Waals surface area contributed by atoms with Crippen LogP contribution in [0.4, 0.5) is 26.3 Å². The van der Waals surface area contributed by atoms with E-state index in [2.05, 4.69) is 0 Å². The molecule has 11 heavy (non-hydrogen) atoms. The fraction of sp³-hybridized carbons (Fsp3) is 0.800. The van der Waals surface area contributed by atoms with E-state index in [9.17, 15) is 26.3 Å². The zero-order chi connectivity index (χ0) is 8.91. The van der Waals surface area contributed by atoms with Crippen molar-refractivity contribution in [3.63, 3.8) is 0 Å². The molecule has 65 valence electrons. The Kier molecular flexibility index (Phi) is 1.45. The molecule has 1 aliphatic carbocycles. The quantitative estimate of drug-likeness (QED) is 0.498. The van der Waals surface area contributed by atoms with Crippen LogP contribution in [0, 0.1) is 6.42 Å². The number of rotatable bonds is 0. The molecule has 0 nitrogen and oxygen atoms in total. The van der Waals surface area contributed by atoms with Crippen molar-refractivity contribution in [3.05, 3.63) is 6.42 Å². The van der Waals surface area contributed by atoms with Gasteiger partial charge in [0.25, 0.3) is 0 Å². The molecular weight excluding hydrogens is 174 g/mol. The van der Waals surface area contributed by atoms with E-state index < -0.39 is 24.2 Å². The minimum atomic E-state index is -5.24. The molecule has 1 fully saturated rings. The summed E-state index contributed by atoms with van der Waals surface area (Å²) in [6, 6.07) is 0. The number of halogens is 6. The van der Waals surface area contributed by atoms with Crippen molar-refractivity contribution in [2.75, 3.05) is 0 Å². The van der Waals surface area contributed by atoms with Crippen molar-refractivity contribution in [2.45, 2.75) is 24.2 Å². The maximum Gasteiger partial charge on any atom is 0.372 e. The molecule has 0 N–H and O–H groups in total. The van der Waals surface area contributed by atoms with Gasteiger partial charge in [-0.25, -0.2) is 0 Å². The van der Waals surface area contributed by atoms with Crippen molar-refractivity contribution < 1.29 is 26.3 Å². The van der Waals surface area contributed by atoms with E-state index in [4.69, 9.17) is 0 Å². The third-order valence-corrected chi connectivity index (χ3v) is 1.49.